The molecule has 0 heterocycles. The summed E-state index contributed by atoms with van der Waals surface area (Å²) < 4.78 is 5.95. The highest BCUT2D eigenvalue weighted by molar-refractivity contribution is 5.86. The SMILES string of the molecule is CN=C(NCC(=O)NC1CCCCC1)NCc1ccccc1OCC1CC1. The molecule has 27 heavy (non-hydrogen) atoms. The van der Waals surface area contributed by atoms with Crippen LogP contribution in [-0.4, -0.2) is 38.1 Å². The van der Waals surface area contributed by atoms with Crippen LogP contribution >= 0.6 is 0 Å². The van der Waals surface area contributed by atoms with Crippen LogP contribution in [0, 0.1) is 5.92 Å². The third-order valence-corrected chi connectivity index (χ3v) is 5.20. The van der Waals surface area contributed by atoms with E-state index in [4.69, 9.17) is 4.74 Å². The number of guanidine groups is 1. The molecule has 0 spiro atoms. The summed E-state index contributed by atoms with van der Waals surface area (Å²) in [6.07, 6.45) is 8.45. The molecule has 0 unspecified atom stereocenters. The van der Waals surface area contributed by atoms with Crippen LogP contribution in [0.15, 0.2) is 29.3 Å². The zero-order chi connectivity index (χ0) is 18.9. The highest BCUT2D eigenvalue weighted by Crippen LogP contribution is 2.30. The fourth-order valence-corrected chi connectivity index (χ4v) is 3.37. The molecular weight excluding hydrogens is 340 g/mol. The monoisotopic (exact) mass is 372 g/mol. The van der Waals surface area contributed by atoms with Crippen molar-refractivity contribution in [2.24, 2.45) is 10.9 Å². The molecule has 0 aromatic heterocycles. The number of benzene rings is 1. The van der Waals surface area contributed by atoms with Gasteiger partial charge in [0.05, 0.1) is 13.2 Å². The topological polar surface area (TPSA) is 74.8 Å². The van der Waals surface area contributed by atoms with E-state index in [1.807, 2.05) is 18.2 Å². The predicted molar refractivity (Wildman–Crippen MR) is 108 cm³/mol. The van der Waals surface area contributed by atoms with Crippen LogP contribution in [0.3, 0.4) is 0 Å². The van der Waals surface area contributed by atoms with Crippen LogP contribution in [0.1, 0.15) is 50.5 Å². The number of rotatable bonds is 8. The normalized spacial score (nSPS) is 18.0. The van der Waals surface area contributed by atoms with Gasteiger partial charge < -0.3 is 20.7 Å². The molecule has 2 fully saturated rings. The minimum atomic E-state index is 0.0259. The Labute approximate surface area is 162 Å². The molecule has 0 bridgehead atoms. The van der Waals surface area contributed by atoms with Gasteiger partial charge in [-0.2, -0.15) is 0 Å². The molecular formula is C21H32N4O2. The third-order valence-electron chi connectivity index (χ3n) is 5.20. The second kappa shape index (κ2) is 10.2. The van der Waals surface area contributed by atoms with E-state index < -0.39 is 0 Å². The Morgan fingerprint density at radius 3 is 2.63 bits per heavy atom. The summed E-state index contributed by atoms with van der Waals surface area (Å²) in [6, 6.07) is 8.40. The summed E-state index contributed by atoms with van der Waals surface area (Å²) in [5, 5.41) is 9.47. The van der Waals surface area contributed by atoms with Gasteiger partial charge in [-0.15, -0.1) is 0 Å². The minimum Gasteiger partial charge on any atom is -0.493 e. The standard InChI is InChI=1S/C21H32N4O2/c1-22-21(24-14-20(26)25-18-8-3-2-4-9-18)23-13-17-7-5-6-10-19(17)27-15-16-11-12-16/h5-7,10,16,18H,2-4,8-9,11-15H2,1H3,(H,25,26)(H2,22,23,24). The summed E-state index contributed by atoms with van der Waals surface area (Å²) in [5.41, 5.74) is 1.09. The molecule has 6 heteroatoms. The Morgan fingerprint density at radius 1 is 1.11 bits per heavy atom. The highest BCUT2D eigenvalue weighted by Gasteiger charge is 2.22. The Morgan fingerprint density at radius 2 is 1.89 bits per heavy atom. The van der Waals surface area contributed by atoms with Gasteiger partial charge in [0.2, 0.25) is 5.91 Å². The van der Waals surface area contributed by atoms with Crippen molar-refractivity contribution >= 4 is 11.9 Å². The average Bonchev–Trinajstić information content (AvgIpc) is 3.52. The van der Waals surface area contributed by atoms with Crippen LogP contribution in [-0.2, 0) is 11.3 Å². The molecule has 3 rings (SSSR count). The molecule has 2 saturated carbocycles. The second-order valence-electron chi connectivity index (χ2n) is 7.54. The van der Waals surface area contributed by atoms with E-state index in [1.54, 1.807) is 7.05 Å². The van der Waals surface area contributed by atoms with Gasteiger partial charge in [-0.3, -0.25) is 9.79 Å². The number of nitrogens with one attached hydrogen (secondary N) is 3. The lowest BCUT2D eigenvalue weighted by molar-refractivity contribution is -0.120. The van der Waals surface area contributed by atoms with Crippen molar-refractivity contribution in [2.45, 2.75) is 57.5 Å². The minimum absolute atomic E-state index is 0.0259. The van der Waals surface area contributed by atoms with Crippen LogP contribution in [0.25, 0.3) is 0 Å². The molecule has 1 amide bonds. The van der Waals surface area contributed by atoms with Gasteiger partial charge in [-0.1, -0.05) is 37.5 Å². The summed E-state index contributed by atoms with van der Waals surface area (Å²) in [5.74, 6) is 2.29. The molecule has 3 N–H and O–H groups in total. The van der Waals surface area contributed by atoms with E-state index in [0.717, 1.165) is 36.7 Å². The largest absolute Gasteiger partial charge is 0.493 e. The maximum atomic E-state index is 12.1. The quantitative estimate of drug-likeness (QED) is 0.484. The van der Waals surface area contributed by atoms with Gasteiger partial charge in [0, 0.05) is 25.2 Å². The fourth-order valence-electron chi connectivity index (χ4n) is 3.37. The lowest BCUT2D eigenvalue weighted by Gasteiger charge is -2.23. The lowest BCUT2D eigenvalue weighted by atomic mass is 9.95. The molecule has 0 atom stereocenters. The lowest BCUT2D eigenvalue weighted by Crippen LogP contribution is -2.45. The number of hydrogen-bond acceptors (Lipinski definition) is 3. The van der Waals surface area contributed by atoms with Gasteiger partial charge in [-0.05, 0) is 37.7 Å². The van der Waals surface area contributed by atoms with Gasteiger partial charge >= 0.3 is 0 Å². The molecule has 1 aromatic carbocycles. The molecule has 2 aliphatic carbocycles. The number of hydrogen-bond donors (Lipinski definition) is 3. The first-order chi connectivity index (χ1) is 13.2. The van der Waals surface area contributed by atoms with E-state index >= 15 is 0 Å². The first kappa shape index (κ1) is 19.5. The maximum absolute atomic E-state index is 12.1. The van der Waals surface area contributed by atoms with Crippen molar-refractivity contribution in [1.82, 2.24) is 16.0 Å². The Bertz CT molecular complexity index is 637. The first-order valence-corrected chi connectivity index (χ1v) is 10.2. The fraction of sp³-hybridized carbons (Fsp3) is 0.619. The summed E-state index contributed by atoms with van der Waals surface area (Å²) in [7, 11) is 1.71. The number of para-hydroxylation sites is 1. The van der Waals surface area contributed by atoms with Crippen molar-refractivity contribution in [3.63, 3.8) is 0 Å². The van der Waals surface area contributed by atoms with Crippen molar-refractivity contribution in [1.29, 1.82) is 0 Å². The average molecular weight is 373 g/mol. The first-order valence-electron chi connectivity index (χ1n) is 10.2. The second-order valence-corrected chi connectivity index (χ2v) is 7.54. The molecule has 1 aromatic rings. The molecule has 0 saturated heterocycles. The van der Waals surface area contributed by atoms with Crippen molar-refractivity contribution in [3.05, 3.63) is 29.8 Å². The third kappa shape index (κ3) is 6.77. The zero-order valence-corrected chi connectivity index (χ0v) is 16.3. The maximum Gasteiger partial charge on any atom is 0.239 e. The number of nitrogens with zero attached hydrogens (tertiary/aromatic N) is 1. The van der Waals surface area contributed by atoms with Gasteiger partial charge in [0.25, 0.3) is 0 Å². The summed E-state index contributed by atoms with van der Waals surface area (Å²) >= 11 is 0. The number of ether oxygens (including phenoxy) is 1. The van der Waals surface area contributed by atoms with E-state index in [2.05, 4.69) is 27.0 Å². The van der Waals surface area contributed by atoms with E-state index in [9.17, 15) is 4.79 Å². The molecule has 148 valence electrons. The van der Waals surface area contributed by atoms with Crippen molar-refractivity contribution in [2.75, 3.05) is 20.2 Å². The molecule has 0 aliphatic heterocycles. The molecule has 6 nitrogen and oxygen atoms in total. The van der Waals surface area contributed by atoms with Gasteiger partial charge in [0.15, 0.2) is 5.96 Å². The smallest absolute Gasteiger partial charge is 0.239 e. The van der Waals surface area contributed by atoms with Crippen molar-refractivity contribution < 1.29 is 9.53 Å². The van der Waals surface area contributed by atoms with Crippen LogP contribution in [0.2, 0.25) is 0 Å². The van der Waals surface area contributed by atoms with E-state index in [1.165, 1.54) is 32.1 Å². The van der Waals surface area contributed by atoms with E-state index in [-0.39, 0.29) is 12.5 Å². The van der Waals surface area contributed by atoms with Gasteiger partial charge in [-0.25, -0.2) is 0 Å². The summed E-state index contributed by atoms with van der Waals surface area (Å²) in [4.78, 5) is 16.3. The number of aliphatic imine (C=N–C) groups is 1. The Hall–Kier alpha value is -2.24. The van der Waals surface area contributed by atoms with Crippen LogP contribution < -0.4 is 20.7 Å². The zero-order valence-electron chi connectivity index (χ0n) is 16.3. The highest BCUT2D eigenvalue weighted by atomic mass is 16.5. The molecule has 2 aliphatic rings. The van der Waals surface area contributed by atoms with Crippen molar-refractivity contribution in [3.8, 4) is 5.75 Å². The van der Waals surface area contributed by atoms with Crippen LogP contribution in [0.4, 0.5) is 0 Å². The Kier molecular flexibility index (Phi) is 7.36. The number of amides is 1. The summed E-state index contributed by atoms with van der Waals surface area (Å²) in [6.45, 7) is 1.63. The molecule has 0 radical (unpaired) electrons. The number of carbonyl (C=O) groups excluding carboxylic acids is 1. The van der Waals surface area contributed by atoms with E-state index in [0.29, 0.717) is 18.5 Å². The number of carbonyl (C=O) groups is 1. The van der Waals surface area contributed by atoms with Crippen LogP contribution in [0.5, 0.6) is 5.75 Å². The predicted octanol–water partition coefficient (Wildman–Crippen LogP) is 2.59. The Balaban J connectivity index is 1.41. The van der Waals surface area contributed by atoms with Gasteiger partial charge in [0.1, 0.15) is 5.75 Å².